The van der Waals surface area contributed by atoms with Crippen LogP contribution in [0.5, 0.6) is 0 Å². The summed E-state index contributed by atoms with van der Waals surface area (Å²) in [5.74, 6) is -0.516. The molecule has 4 aliphatic rings. The maximum atomic E-state index is 11.5. The summed E-state index contributed by atoms with van der Waals surface area (Å²) in [7, 11) is 0. The Morgan fingerprint density at radius 3 is 1.42 bits per heavy atom. The molecule has 0 aromatic carbocycles. The van der Waals surface area contributed by atoms with Gasteiger partial charge < -0.3 is 33.2 Å². The number of rotatable bonds is 25. The first-order chi connectivity index (χ1) is 23.2. The zero-order valence-corrected chi connectivity index (χ0v) is 31.5. The second kappa shape index (κ2) is 25.8. The highest BCUT2D eigenvalue weighted by Gasteiger charge is 2.39. The number of Topliss-reactive ketones (excluding diaryl/α,β-unsaturated/α-hetero) is 1. The van der Waals surface area contributed by atoms with E-state index in [2.05, 4.69) is 20.8 Å². The number of ether oxygens (including phenoxy) is 7. The average Bonchev–Trinajstić information content (AvgIpc) is 4.00. The van der Waals surface area contributed by atoms with Gasteiger partial charge in [0.25, 0.3) is 0 Å². The molecule has 4 saturated heterocycles. The third-order valence-electron chi connectivity index (χ3n) is 9.45. The summed E-state index contributed by atoms with van der Waals surface area (Å²) in [6.45, 7) is 14.8. The minimum Gasteiger partial charge on any atom is -0.463 e. The van der Waals surface area contributed by atoms with Gasteiger partial charge >= 0.3 is 5.97 Å². The molecular weight excluding hydrogens is 612 g/mol. The Morgan fingerprint density at radius 2 is 1.04 bits per heavy atom. The number of esters is 1. The molecule has 0 aromatic heterocycles. The van der Waals surface area contributed by atoms with Gasteiger partial charge in [-0.2, -0.15) is 0 Å². The van der Waals surface area contributed by atoms with Gasteiger partial charge in [-0.25, -0.2) is 0 Å². The van der Waals surface area contributed by atoms with Crippen molar-refractivity contribution < 1.29 is 42.7 Å². The highest BCUT2D eigenvalue weighted by atomic mass is 16.7. The monoisotopic (exact) mass is 685 g/mol. The van der Waals surface area contributed by atoms with E-state index in [1.54, 1.807) is 0 Å². The summed E-state index contributed by atoms with van der Waals surface area (Å²) >= 11 is 0. The van der Waals surface area contributed by atoms with Gasteiger partial charge in [-0.15, -0.1) is 0 Å². The summed E-state index contributed by atoms with van der Waals surface area (Å²) in [6.07, 6.45) is 23.8. The molecule has 4 rings (SSSR count). The maximum Gasteiger partial charge on any atom is 0.302 e. The number of ketones is 1. The molecule has 0 amide bonds. The third-order valence-corrected chi connectivity index (χ3v) is 9.45. The fourth-order valence-corrected chi connectivity index (χ4v) is 6.28. The Hall–Kier alpha value is -1.10. The van der Waals surface area contributed by atoms with Crippen LogP contribution in [-0.4, -0.2) is 81.3 Å². The summed E-state index contributed by atoms with van der Waals surface area (Å²) in [6, 6.07) is 0. The molecule has 282 valence electrons. The molecule has 4 aliphatic heterocycles. The highest BCUT2D eigenvalue weighted by molar-refractivity contribution is 5.78. The van der Waals surface area contributed by atoms with Crippen LogP contribution in [0, 0.1) is 0 Å². The number of carbonyl (C=O) groups is 2. The predicted octanol–water partition coefficient (Wildman–Crippen LogP) is 9.02. The lowest BCUT2D eigenvalue weighted by molar-refractivity contribution is -0.169. The molecule has 9 heteroatoms. The summed E-state index contributed by atoms with van der Waals surface area (Å²) in [4.78, 5) is 22.1. The molecule has 0 N–H and O–H groups in total. The van der Waals surface area contributed by atoms with Crippen molar-refractivity contribution in [1.82, 2.24) is 0 Å². The largest absolute Gasteiger partial charge is 0.463 e. The Bertz CT molecular complexity index is 770. The van der Waals surface area contributed by atoms with Crippen LogP contribution in [0.3, 0.4) is 0 Å². The molecule has 0 aliphatic carbocycles. The van der Waals surface area contributed by atoms with E-state index in [0.29, 0.717) is 31.5 Å². The number of hydrogen-bond acceptors (Lipinski definition) is 9. The van der Waals surface area contributed by atoms with Crippen molar-refractivity contribution >= 4 is 11.8 Å². The van der Waals surface area contributed by atoms with Crippen molar-refractivity contribution in [3.05, 3.63) is 0 Å². The lowest BCUT2D eigenvalue weighted by Gasteiger charge is -2.27. The molecule has 4 heterocycles. The van der Waals surface area contributed by atoms with E-state index in [4.69, 9.17) is 33.2 Å². The van der Waals surface area contributed by atoms with E-state index in [-0.39, 0.29) is 29.4 Å². The molecule has 3 atom stereocenters. The van der Waals surface area contributed by atoms with E-state index in [1.807, 2.05) is 6.92 Å². The number of epoxide rings is 2. The van der Waals surface area contributed by atoms with Crippen LogP contribution in [-0.2, 0) is 42.7 Å². The maximum absolute atomic E-state index is 11.5. The minimum atomic E-state index is -0.275. The fraction of sp³-hybridized carbons (Fsp3) is 0.949. The van der Waals surface area contributed by atoms with Crippen LogP contribution in [0.1, 0.15) is 169 Å². The van der Waals surface area contributed by atoms with Gasteiger partial charge in [0.2, 0.25) is 0 Å². The van der Waals surface area contributed by atoms with Crippen LogP contribution in [0.4, 0.5) is 0 Å². The second-order valence-electron chi connectivity index (χ2n) is 14.1. The van der Waals surface area contributed by atoms with E-state index in [0.717, 1.165) is 91.0 Å². The number of unbranched alkanes of at least 4 members (excludes halogenated alkanes) is 9. The van der Waals surface area contributed by atoms with Crippen molar-refractivity contribution in [2.75, 3.05) is 39.6 Å². The minimum absolute atomic E-state index is 0.142. The Balaban J connectivity index is 0.000000250. The van der Waals surface area contributed by atoms with Gasteiger partial charge in [0.15, 0.2) is 11.6 Å². The van der Waals surface area contributed by atoms with Crippen molar-refractivity contribution in [2.24, 2.45) is 0 Å². The lowest BCUT2D eigenvalue weighted by Crippen LogP contribution is -2.30. The van der Waals surface area contributed by atoms with Crippen molar-refractivity contribution in [3.63, 3.8) is 0 Å². The van der Waals surface area contributed by atoms with Crippen molar-refractivity contribution in [3.8, 4) is 0 Å². The smallest absolute Gasteiger partial charge is 0.302 e. The first-order valence-electron chi connectivity index (χ1n) is 19.7. The van der Waals surface area contributed by atoms with Crippen LogP contribution in [0.2, 0.25) is 0 Å². The molecule has 1 unspecified atom stereocenters. The first kappa shape index (κ1) is 43.1. The molecule has 0 bridgehead atoms. The Morgan fingerprint density at radius 1 is 0.625 bits per heavy atom. The molecule has 9 nitrogen and oxygen atoms in total. The van der Waals surface area contributed by atoms with Crippen LogP contribution in [0.25, 0.3) is 0 Å². The standard InChI is InChI=1S/3C13H24O3/c2*1-2-3-4-5-7-13(15-9-10-16-13)8-6-12-11-14-12;1-4-5-6-7-8-13(15)10-9-11(2)16-12(3)14/h2*12H,2-11H2,1H3;11H,4-10H2,1-3H3/t12-;;11-/m1.0/s1. The van der Waals surface area contributed by atoms with Crippen molar-refractivity contribution in [2.45, 2.75) is 199 Å². The first-order valence-corrected chi connectivity index (χ1v) is 19.7. The fourth-order valence-electron chi connectivity index (χ4n) is 6.28. The van der Waals surface area contributed by atoms with Crippen molar-refractivity contribution in [1.29, 1.82) is 0 Å². The molecule has 0 saturated carbocycles. The predicted molar refractivity (Wildman–Crippen MR) is 189 cm³/mol. The molecular formula is C39H72O9. The highest BCUT2D eigenvalue weighted by Crippen LogP contribution is 2.34. The van der Waals surface area contributed by atoms with Crippen LogP contribution in [0.15, 0.2) is 0 Å². The van der Waals surface area contributed by atoms with E-state index >= 15 is 0 Å². The summed E-state index contributed by atoms with van der Waals surface area (Å²) < 4.78 is 38.7. The van der Waals surface area contributed by atoms with Gasteiger partial charge in [-0.1, -0.05) is 78.6 Å². The number of hydrogen-bond donors (Lipinski definition) is 0. The van der Waals surface area contributed by atoms with Gasteiger partial charge in [-0.05, 0) is 45.4 Å². The molecule has 4 fully saturated rings. The van der Waals surface area contributed by atoms with Gasteiger partial charge in [-0.3, -0.25) is 9.59 Å². The lowest BCUT2D eigenvalue weighted by atomic mass is 10.0. The Kier molecular flexibility index (Phi) is 23.1. The normalized spacial score (nSPS) is 22.2. The van der Waals surface area contributed by atoms with Gasteiger partial charge in [0.05, 0.1) is 58.0 Å². The second-order valence-corrected chi connectivity index (χ2v) is 14.1. The van der Waals surface area contributed by atoms with Crippen LogP contribution >= 0.6 is 0 Å². The topological polar surface area (TPSA) is 105 Å². The zero-order chi connectivity index (χ0) is 34.9. The summed E-state index contributed by atoms with van der Waals surface area (Å²) in [5.41, 5.74) is 0. The van der Waals surface area contributed by atoms with E-state index < -0.39 is 0 Å². The Labute approximate surface area is 293 Å². The molecule has 0 radical (unpaired) electrons. The van der Waals surface area contributed by atoms with Gasteiger partial charge in [0, 0.05) is 45.4 Å². The van der Waals surface area contributed by atoms with E-state index in [9.17, 15) is 9.59 Å². The SMILES string of the molecule is CCCCCCC(=O)CC[C@H](C)OC(C)=O.CCCCCCC1(CCC2CO2)OCCO1.CCCCCCC1(CC[C@@H]2CO2)OCCO1. The quantitative estimate of drug-likeness (QED) is 0.0529. The molecule has 48 heavy (non-hydrogen) atoms. The van der Waals surface area contributed by atoms with Gasteiger partial charge in [0.1, 0.15) is 5.78 Å². The zero-order valence-electron chi connectivity index (χ0n) is 31.5. The summed E-state index contributed by atoms with van der Waals surface area (Å²) in [5, 5.41) is 0. The van der Waals surface area contributed by atoms with Crippen LogP contribution < -0.4 is 0 Å². The average molecular weight is 685 g/mol. The molecule has 0 spiro atoms. The molecule has 0 aromatic rings. The van der Waals surface area contributed by atoms with E-state index in [1.165, 1.54) is 71.1 Å². The third kappa shape index (κ3) is 21.2. The number of carbonyl (C=O) groups excluding carboxylic acids is 2.